The largest absolute Gasteiger partial charge is 0.287 e. The van der Waals surface area contributed by atoms with E-state index >= 15 is 0 Å². The Morgan fingerprint density at radius 2 is 2.33 bits per heavy atom. The van der Waals surface area contributed by atoms with Crippen LogP contribution in [0.4, 0.5) is 4.39 Å². The van der Waals surface area contributed by atoms with Crippen LogP contribution < -0.4 is 5.32 Å². The summed E-state index contributed by atoms with van der Waals surface area (Å²) in [7, 11) is 0. The highest BCUT2D eigenvalue weighted by atomic mass is 19.1. The SMILES string of the molecule is CC1CN[C@@H]1F. The van der Waals surface area contributed by atoms with Crippen LogP contribution in [0.15, 0.2) is 0 Å². The standard InChI is InChI=1S/C4H8FN/c1-3-2-6-4(3)5/h3-4,6H,2H2,1H3/t3?,4-/m0/s1. The fourth-order valence-electron chi connectivity index (χ4n) is 0.443. The molecule has 1 heterocycles. The summed E-state index contributed by atoms with van der Waals surface area (Å²) in [6.07, 6.45) is -0.718. The van der Waals surface area contributed by atoms with Gasteiger partial charge in [-0.25, -0.2) is 4.39 Å². The van der Waals surface area contributed by atoms with Crippen LogP contribution in [0.5, 0.6) is 0 Å². The van der Waals surface area contributed by atoms with Crippen molar-refractivity contribution in [3.05, 3.63) is 0 Å². The number of halogens is 1. The minimum absolute atomic E-state index is 0.255. The highest BCUT2D eigenvalue weighted by Crippen LogP contribution is 2.11. The van der Waals surface area contributed by atoms with Crippen LogP contribution in [-0.4, -0.2) is 12.8 Å². The van der Waals surface area contributed by atoms with Gasteiger partial charge in [0.2, 0.25) is 0 Å². The maximum Gasteiger partial charge on any atom is 0.154 e. The van der Waals surface area contributed by atoms with Gasteiger partial charge in [0.1, 0.15) is 0 Å². The maximum atomic E-state index is 11.8. The van der Waals surface area contributed by atoms with E-state index in [1.165, 1.54) is 0 Å². The van der Waals surface area contributed by atoms with Gasteiger partial charge in [-0.3, -0.25) is 5.32 Å². The molecular formula is C4H8FN. The summed E-state index contributed by atoms with van der Waals surface area (Å²) < 4.78 is 11.8. The van der Waals surface area contributed by atoms with Crippen LogP contribution in [-0.2, 0) is 0 Å². The van der Waals surface area contributed by atoms with Crippen molar-refractivity contribution in [3.8, 4) is 0 Å². The lowest BCUT2D eigenvalue weighted by molar-refractivity contribution is 0.107. The normalized spacial score (nSPS) is 45.0. The van der Waals surface area contributed by atoms with Gasteiger partial charge < -0.3 is 0 Å². The molecule has 1 unspecified atom stereocenters. The first-order valence-corrected chi connectivity index (χ1v) is 2.18. The summed E-state index contributed by atoms with van der Waals surface area (Å²) >= 11 is 0. The van der Waals surface area contributed by atoms with Gasteiger partial charge in [0.25, 0.3) is 0 Å². The molecule has 0 bridgehead atoms. The van der Waals surface area contributed by atoms with Crippen LogP contribution in [0.2, 0.25) is 0 Å². The molecule has 1 nitrogen and oxygen atoms in total. The minimum Gasteiger partial charge on any atom is -0.287 e. The van der Waals surface area contributed by atoms with E-state index in [1.807, 2.05) is 6.92 Å². The van der Waals surface area contributed by atoms with Crippen LogP contribution in [0.3, 0.4) is 0 Å². The van der Waals surface area contributed by atoms with E-state index < -0.39 is 6.30 Å². The third-order valence-electron chi connectivity index (χ3n) is 1.13. The van der Waals surface area contributed by atoms with Gasteiger partial charge in [-0.05, 0) is 0 Å². The Morgan fingerprint density at radius 3 is 2.33 bits per heavy atom. The van der Waals surface area contributed by atoms with Crippen molar-refractivity contribution in [2.24, 2.45) is 5.92 Å². The van der Waals surface area contributed by atoms with Gasteiger partial charge in [0.05, 0.1) is 0 Å². The summed E-state index contributed by atoms with van der Waals surface area (Å²) in [6, 6.07) is 0. The molecule has 0 aromatic heterocycles. The summed E-state index contributed by atoms with van der Waals surface area (Å²) in [5.41, 5.74) is 0. The number of nitrogens with one attached hydrogen (secondary N) is 1. The zero-order valence-electron chi connectivity index (χ0n) is 3.74. The molecule has 2 heteroatoms. The van der Waals surface area contributed by atoms with E-state index in [0.717, 1.165) is 6.54 Å². The van der Waals surface area contributed by atoms with Crippen molar-refractivity contribution in [3.63, 3.8) is 0 Å². The van der Waals surface area contributed by atoms with Gasteiger partial charge >= 0.3 is 0 Å². The van der Waals surface area contributed by atoms with Crippen molar-refractivity contribution in [2.75, 3.05) is 6.54 Å². The maximum absolute atomic E-state index is 11.8. The topological polar surface area (TPSA) is 12.0 Å². The molecule has 0 aromatic rings. The molecule has 1 aliphatic heterocycles. The molecule has 0 amide bonds. The second kappa shape index (κ2) is 1.19. The van der Waals surface area contributed by atoms with E-state index in [0.29, 0.717) is 0 Å². The number of hydrogen-bond donors (Lipinski definition) is 1. The minimum atomic E-state index is -0.718. The second-order valence-corrected chi connectivity index (χ2v) is 1.79. The fraction of sp³-hybridized carbons (Fsp3) is 1.00. The van der Waals surface area contributed by atoms with E-state index in [9.17, 15) is 4.39 Å². The molecule has 0 saturated carbocycles. The molecule has 1 saturated heterocycles. The summed E-state index contributed by atoms with van der Waals surface area (Å²) in [6.45, 7) is 2.74. The summed E-state index contributed by atoms with van der Waals surface area (Å²) in [4.78, 5) is 0. The number of hydrogen-bond acceptors (Lipinski definition) is 1. The first-order chi connectivity index (χ1) is 2.80. The van der Waals surface area contributed by atoms with Gasteiger partial charge in [0, 0.05) is 12.5 Å². The molecule has 0 aromatic carbocycles. The first kappa shape index (κ1) is 4.06. The zero-order chi connectivity index (χ0) is 4.57. The smallest absolute Gasteiger partial charge is 0.154 e. The first-order valence-electron chi connectivity index (χ1n) is 2.18. The monoisotopic (exact) mass is 89.1 g/mol. The van der Waals surface area contributed by atoms with E-state index in [1.54, 1.807) is 0 Å². The predicted octanol–water partition coefficient (Wildman–Crippen LogP) is 0.521. The lowest BCUT2D eigenvalue weighted by Crippen LogP contribution is -2.48. The molecule has 0 aliphatic carbocycles. The average Bonchev–Trinajstić information content (AvgIpc) is 1.61. The molecule has 1 rings (SSSR count). The Balaban J connectivity index is 2.20. The van der Waals surface area contributed by atoms with E-state index in [-0.39, 0.29) is 5.92 Å². The Hall–Kier alpha value is -0.110. The Morgan fingerprint density at radius 1 is 1.83 bits per heavy atom. The average molecular weight is 89.1 g/mol. The number of rotatable bonds is 0. The molecule has 1 aliphatic rings. The molecule has 0 spiro atoms. The summed E-state index contributed by atoms with van der Waals surface area (Å²) in [5.74, 6) is 0.255. The lowest BCUT2D eigenvalue weighted by Gasteiger charge is -2.27. The number of alkyl halides is 1. The lowest BCUT2D eigenvalue weighted by atomic mass is 10.1. The van der Waals surface area contributed by atoms with Crippen LogP contribution in [0.1, 0.15) is 6.92 Å². The van der Waals surface area contributed by atoms with Crippen LogP contribution in [0, 0.1) is 5.92 Å². The molecule has 1 fully saturated rings. The molecule has 36 valence electrons. The Bertz CT molecular complexity index is 47.5. The molecule has 1 N–H and O–H groups in total. The van der Waals surface area contributed by atoms with Gasteiger partial charge in [0.15, 0.2) is 6.30 Å². The van der Waals surface area contributed by atoms with Gasteiger partial charge in [-0.15, -0.1) is 0 Å². The molecule has 2 atom stereocenters. The van der Waals surface area contributed by atoms with E-state index in [2.05, 4.69) is 5.32 Å². The quantitative estimate of drug-likeness (QED) is 0.427. The zero-order valence-corrected chi connectivity index (χ0v) is 3.74. The fourth-order valence-corrected chi connectivity index (χ4v) is 0.443. The molecular weight excluding hydrogens is 81.0 g/mol. The highest BCUT2D eigenvalue weighted by molar-refractivity contribution is 4.74. The third kappa shape index (κ3) is 0.411. The second-order valence-electron chi connectivity index (χ2n) is 1.79. The van der Waals surface area contributed by atoms with E-state index in [4.69, 9.17) is 0 Å². The Kier molecular flexibility index (Phi) is 0.804. The van der Waals surface area contributed by atoms with Gasteiger partial charge in [-0.2, -0.15) is 0 Å². The van der Waals surface area contributed by atoms with Crippen molar-refractivity contribution in [1.82, 2.24) is 5.32 Å². The Labute approximate surface area is 36.5 Å². The van der Waals surface area contributed by atoms with Crippen molar-refractivity contribution >= 4 is 0 Å². The predicted molar refractivity (Wildman–Crippen MR) is 22.1 cm³/mol. The molecule has 6 heavy (non-hydrogen) atoms. The van der Waals surface area contributed by atoms with Gasteiger partial charge in [-0.1, -0.05) is 6.92 Å². The molecule has 0 radical (unpaired) electrons. The highest BCUT2D eigenvalue weighted by Gasteiger charge is 2.24. The summed E-state index contributed by atoms with van der Waals surface area (Å²) in [5, 5.41) is 2.59. The third-order valence-corrected chi connectivity index (χ3v) is 1.13. The van der Waals surface area contributed by atoms with Crippen molar-refractivity contribution in [2.45, 2.75) is 13.2 Å². The van der Waals surface area contributed by atoms with Crippen molar-refractivity contribution in [1.29, 1.82) is 0 Å². The van der Waals surface area contributed by atoms with Crippen molar-refractivity contribution < 1.29 is 4.39 Å². The van der Waals surface area contributed by atoms with Crippen LogP contribution in [0.25, 0.3) is 0 Å². The van der Waals surface area contributed by atoms with Crippen LogP contribution >= 0.6 is 0 Å².